The topological polar surface area (TPSA) is 95.7 Å². The maximum absolute atomic E-state index is 11.6. The van der Waals surface area contributed by atoms with Crippen molar-refractivity contribution < 1.29 is 14.7 Å². The van der Waals surface area contributed by atoms with Crippen LogP contribution in [0, 0.1) is 6.92 Å². The monoisotopic (exact) mass is 265 g/mol. The third kappa shape index (κ3) is 3.61. The fraction of sp³-hybridized carbons (Fsp3) is 0.385. The van der Waals surface area contributed by atoms with Crippen molar-refractivity contribution in [1.29, 1.82) is 0 Å². The Labute approximate surface area is 112 Å². The number of carbonyl (C=O) groups excluding carboxylic acids is 1. The lowest BCUT2D eigenvalue weighted by Gasteiger charge is -2.16. The van der Waals surface area contributed by atoms with Crippen molar-refractivity contribution >= 4 is 23.3 Å². The molecule has 0 aromatic heterocycles. The molecule has 4 N–H and O–H groups in total. The van der Waals surface area contributed by atoms with Gasteiger partial charge in [0.2, 0.25) is 5.91 Å². The van der Waals surface area contributed by atoms with E-state index in [0.29, 0.717) is 17.8 Å². The normalized spacial score (nSPS) is 10.1. The molecule has 0 bridgehead atoms. The molecule has 0 aliphatic heterocycles. The van der Waals surface area contributed by atoms with Crippen molar-refractivity contribution in [3.8, 4) is 0 Å². The van der Waals surface area contributed by atoms with Gasteiger partial charge in [0.15, 0.2) is 0 Å². The quantitative estimate of drug-likeness (QED) is 0.694. The number of nitrogen functional groups attached to an aromatic ring is 1. The van der Waals surface area contributed by atoms with Gasteiger partial charge in [-0.25, -0.2) is 4.79 Å². The summed E-state index contributed by atoms with van der Waals surface area (Å²) in [4.78, 5) is 24.3. The average molecular weight is 265 g/mol. The molecule has 104 valence electrons. The Kier molecular flexibility index (Phi) is 4.74. The number of amides is 1. The molecule has 0 unspecified atom stereocenters. The van der Waals surface area contributed by atoms with E-state index in [1.54, 1.807) is 24.9 Å². The summed E-state index contributed by atoms with van der Waals surface area (Å²) < 4.78 is 0. The van der Waals surface area contributed by atoms with E-state index < -0.39 is 5.97 Å². The van der Waals surface area contributed by atoms with Crippen LogP contribution in [0.1, 0.15) is 22.8 Å². The van der Waals surface area contributed by atoms with Crippen molar-refractivity contribution in [3.63, 3.8) is 0 Å². The summed E-state index contributed by atoms with van der Waals surface area (Å²) in [6.07, 6.45) is 0. The van der Waals surface area contributed by atoms with Crippen LogP contribution in [0.5, 0.6) is 0 Å². The Morgan fingerprint density at radius 3 is 2.58 bits per heavy atom. The van der Waals surface area contributed by atoms with Crippen LogP contribution >= 0.6 is 0 Å². The molecule has 1 amide bonds. The van der Waals surface area contributed by atoms with Crippen LogP contribution in [0.2, 0.25) is 0 Å². The lowest BCUT2D eigenvalue weighted by molar-refractivity contribution is -0.127. The summed E-state index contributed by atoms with van der Waals surface area (Å²) in [5.41, 5.74) is 7.22. The highest BCUT2D eigenvalue weighted by Crippen LogP contribution is 2.22. The van der Waals surface area contributed by atoms with Gasteiger partial charge < -0.3 is 21.1 Å². The number of hydrogen-bond donors (Lipinski definition) is 3. The summed E-state index contributed by atoms with van der Waals surface area (Å²) >= 11 is 0. The molecular weight excluding hydrogens is 246 g/mol. The van der Waals surface area contributed by atoms with E-state index in [0.717, 1.165) is 0 Å². The maximum Gasteiger partial charge on any atom is 0.337 e. The Hall–Kier alpha value is -2.24. The second-order valence-corrected chi connectivity index (χ2v) is 4.32. The second kappa shape index (κ2) is 6.08. The summed E-state index contributed by atoms with van der Waals surface area (Å²) in [5, 5.41) is 11.9. The largest absolute Gasteiger partial charge is 0.478 e. The molecule has 0 radical (unpaired) electrons. The standard InChI is InChI=1S/C13H19N3O3/c1-4-16(3)11(17)7-15-9-5-8(2)12(14)10(6-9)13(18)19/h5-6,15H,4,7,14H2,1-3H3,(H,18,19). The van der Waals surface area contributed by atoms with E-state index in [-0.39, 0.29) is 23.7 Å². The number of anilines is 2. The molecule has 6 heteroatoms. The van der Waals surface area contributed by atoms with Gasteiger partial charge in [-0.3, -0.25) is 4.79 Å². The highest BCUT2D eigenvalue weighted by molar-refractivity contribution is 5.96. The number of carboxylic acid groups (broad SMARTS) is 1. The van der Waals surface area contributed by atoms with Crippen molar-refractivity contribution in [2.45, 2.75) is 13.8 Å². The minimum Gasteiger partial charge on any atom is -0.478 e. The third-order valence-corrected chi connectivity index (χ3v) is 2.96. The number of aryl methyl sites for hydroxylation is 1. The molecule has 0 aliphatic rings. The van der Waals surface area contributed by atoms with Crippen LogP contribution in [0.15, 0.2) is 12.1 Å². The van der Waals surface area contributed by atoms with Gasteiger partial charge in [-0.15, -0.1) is 0 Å². The smallest absolute Gasteiger partial charge is 0.337 e. The summed E-state index contributed by atoms with van der Waals surface area (Å²) in [6.45, 7) is 4.36. The van der Waals surface area contributed by atoms with Gasteiger partial charge in [-0.05, 0) is 31.5 Å². The van der Waals surface area contributed by atoms with Gasteiger partial charge in [-0.2, -0.15) is 0 Å². The van der Waals surface area contributed by atoms with E-state index in [1.807, 2.05) is 6.92 Å². The SMILES string of the molecule is CCN(C)C(=O)CNc1cc(C)c(N)c(C(=O)O)c1. The highest BCUT2D eigenvalue weighted by atomic mass is 16.4. The number of likely N-dealkylation sites (N-methyl/N-ethyl adjacent to an activating group) is 1. The van der Waals surface area contributed by atoms with E-state index in [9.17, 15) is 9.59 Å². The third-order valence-electron chi connectivity index (χ3n) is 2.96. The van der Waals surface area contributed by atoms with Crippen molar-refractivity contribution in [2.75, 3.05) is 31.2 Å². The molecule has 0 saturated heterocycles. The Morgan fingerprint density at radius 1 is 1.42 bits per heavy atom. The molecule has 0 heterocycles. The van der Waals surface area contributed by atoms with Gasteiger partial charge in [0.1, 0.15) is 0 Å². The lowest BCUT2D eigenvalue weighted by atomic mass is 10.1. The second-order valence-electron chi connectivity index (χ2n) is 4.32. The summed E-state index contributed by atoms with van der Waals surface area (Å²) in [5.74, 6) is -1.14. The zero-order valence-electron chi connectivity index (χ0n) is 11.4. The van der Waals surface area contributed by atoms with E-state index in [1.165, 1.54) is 6.07 Å². The van der Waals surface area contributed by atoms with Gasteiger partial charge >= 0.3 is 5.97 Å². The van der Waals surface area contributed by atoms with E-state index in [4.69, 9.17) is 10.8 Å². The number of carboxylic acids is 1. The number of carbonyl (C=O) groups is 2. The van der Waals surface area contributed by atoms with Crippen molar-refractivity contribution in [1.82, 2.24) is 4.90 Å². The first-order valence-electron chi connectivity index (χ1n) is 5.98. The van der Waals surface area contributed by atoms with Crippen LogP contribution < -0.4 is 11.1 Å². The molecule has 6 nitrogen and oxygen atoms in total. The molecule has 0 spiro atoms. The Balaban J connectivity index is 2.86. The number of nitrogens with one attached hydrogen (secondary N) is 1. The molecule has 0 fully saturated rings. The summed E-state index contributed by atoms with van der Waals surface area (Å²) in [6, 6.07) is 3.16. The molecule has 1 aromatic carbocycles. The first kappa shape index (κ1) is 14.8. The fourth-order valence-electron chi connectivity index (χ4n) is 1.57. The number of nitrogens with two attached hydrogens (primary N) is 1. The van der Waals surface area contributed by atoms with Crippen LogP contribution in [0.25, 0.3) is 0 Å². The van der Waals surface area contributed by atoms with Crippen LogP contribution in [-0.2, 0) is 4.79 Å². The first-order valence-corrected chi connectivity index (χ1v) is 5.98. The molecule has 19 heavy (non-hydrogen) atoms. The molecular formula is C13H19N3O3. The van der Waals surface area contributed by atoms with Gasteiger partial charge in [0, 0.05) is 25.0 Å². The minimum atomic E-state index is -1.08. The molecule has 0 atom stereocenters. The van der Waals surface area contributed by atoms with Gasteiger partial charge in [0.05, 0.1) is 12.1 Å². The van der Waals surface area contributed by atoms with Crippen LogP contribution in [0.4, 0.5) is 11.4 Å². The number of nitrogens with zero attached hydrogens (tertiary/aromatic N) is 1. The van der Waals surface area contributed by atoms with Gasteiger partial charge in [-0.1, -0.05) is 0 Å². The first-order chi connectivity index (χ1) is 8.86. The van der Waals surface area contributed by atoms with E-state index >= 15 is 0 Å². The molecule has 0 aliphatic carbocycles. The predicted molar refractivity (Wildman–Crippen MR) is 74.4 cm³/mol. The van der Waals surface area contributed by atoms with Crippen LogP contribution in [0.3, 0.4) is 0 Å². The van der Waals surface area contributed by atoms with Crippen LogP contribution in [-0.4, -0.2) is 42.0 Å². The number of aromatic carboxylic acids is 1. The highest BCUT2D eigenvalue weighted by Gasteiger charge is 2.12. The molecule has 1 aromatic rings. The average Bonchev–Trinajstić information content (AvgIpc) is 2.38. The predicted octanol–water partition coefficient (Wildman–Crippen LogP) is 1.17. The minimum absolute atomic E-state index is 0.0406. The van der Waals surface area contributed by atoms with Crippen molar-refractivity contribution in [3.05, 3.63) is 23.3 Å². The zero-order chi connectivity index (χ0) is 14.6. The van der Waals surface area contributed by atoms with E-state index in [2.05, 4.69) is 5.32 Å². The summed E-state index contributed by atoms with van der Waals surface area (Å²) in [7, 11) is 1.71. The Bertz CT molecular complexity index is 500. The van der Waals surface area contributed by atoms with Crippen molar-refractivity contribution in [2.24, 2.45) is 0 Å². The maximum atomic E-state index is 11.6. The molecule has 1 rings (SSSR count). The zero-order valence-corrected chi connectivity index (χ0v) is 11.4. The Morgan fingerprint density at radius 2 is 2.05 bits per heavy atom. The fourth-order valence-corrected chi connectivity index (χ4v) is 1.57. The lowest BCUT2D eigenvalue weighted by Crippen LogP contribution is -2.31. The number of hydrogen-bond acceptors (Lipinski definition) is 4. The van der Waals surface area contributed by atoms with Gasteiger partial charge in [0.25, 0.3) is 0 Å². The number of benzene rings is 1. The number of rotatable bonds is 5. The molecule has 0 saturated carbocycles.